The summed E-state index contributed by atoms with van der Waals surface area (Å²) in [6, 6.07) is 18.0. The molecule has 2 aromatic rings. The van der Waals surface area contributed by atoms with Gasteiger partial charge in [0.05, 0.1) is 0 Å². The summed E-state index contributed by atoms with van der Waals surface area (Å²) in [6.45, 7) is 0.776. The highest BCUT2D eigenvalue weighted by molar-refractivity contribution is 6.28. The van der Waals surface area contributed by atoms with Gasteiger partial charge in [-0.05, 0) is 24.1 Å². The van der Waals surface area contributed by atoms with E-state index in [-0.39, 0.29) is 5.50 Å². The molecule has 0 bridgehead atoms. The molecule has 112 valence electrons. The van der Waals surface area contributed by atoms with E-state index in [2.05, 4.69) is 17.0 Å². The predicted octanol–water partition coefficient (Wildman–Crippen LogP) is 3.18. The number of primary amides is 1. The van der Waals surface area contributed by atoms with Gasteiger partial charge in [0.2, 0.25) is 5.91 Å². The van der Waals surface area contributed by atoms with Crippen LogP contribution >= 0.6 is 11.6 Å². The smallest absolute Gasteiger partial charge is 0.249 e. The Kier molecular flexibility index (Phi) is 4.16. The maximum absolute atomic E-state index is 11.6. The molecule has 0 radical (unpaired) electrons. The minimum Gasteiger partial charge on any atom is -0.366 e. The molecule has 1 aliphatic heterocycles. The molecule has 0 aliphatic carbocycles. The number of hydrogen-bond donors (Lipinski definition) is 1. The van der Waals surface area contributed by atoms with E-state index in [4.69, 9.17) is 17.3 Å². The summed E-state index contributed by atoms with van der Waals surface area (Å²) in [7, 11) is 0. The van der Waals surface area contributed by atoms with Gasteiger partial charge in [0.15, 0.2) is 0 Å². The van der Waals surface area contributed by atoms with Crippen molar-refractivity contribution in [2.24, 2.45) is 5.73 Å². The largest absolute Gasteiger partial charge is 0.366 e. The molecular formula is C18H17ClN2O. The SMILES string of the molecule is NC(=O)C1=CC(Cl)N(CCc2ccccc2)c2ccccc21. The molecule has 3 rings (SSSR count). The second-order valence-electron chi connectivity index (χ2n) is 5.26. The predicted molar refractivity (Wildman–Crippen MR) is 90.7 cm³/mol. The number of hydrogen-bond acceptors (Lipinski definition) is 2. The Labute approximate surface area is 135 Å². The molecule has 1 amide bonds. The fourth-order valence-corrected chi connectivity index (χ4v) is 3.08. The maximum atomic E-state index is 11.6. The van der Waals surface area contributed by atoms with Gasteiger partial charge in [-0.15, -0.1) is 0 Å². The number of fused-ring (bicyclic) bond motifs is 1. The number of amides is 1. The Bertz CT molecular complexity index is 712. The van der Waals surface area contributed by atoms with E-state index in [0.29, 0.717) is 5.57 Å². The first-order valence-corrected chi connectivity index (χ1v) is 7.66. The molecule has 1 aliphatic rings. The summed E-state index contributed by atoms with van der Waals surface area (Å²) in [5, 5.41) is 0. The Balaban J connectivity index is 1.88. The minimum absolute atomic E-state index is 0.374. The number of carbonyl (C=O) groups is 1. The maximum Gasteiger partial charge on any atom is 0.249 e. The Morgan fingerprint density at radius 1 is 1.09 bits per heavy atom. The van der Waals surface area contributed by atoms with Crippen LogP contribution in [0, 0.1) is 0 Å². The molecule has 0 fully saturated rings. The molecule has 1 atom stereocenters. The van der Waals surface area contributed by atoms with Crippen molar-refractivity contribution in [1.82, 2.24) is 0 Å². The second kappa shape index (κ2) is 6.24. The van der Waals surface area contributed by atoms with Gasteiger partial charge >= 0.3 is 0 Å². The summed E-state index contributed by atoms with van der Waals surface area (Å²) < 4.78 is 0. The first kappa shape index (κ1) is 14.7. The van der Waals surface area contributed by atoms with Crippen LogP contribution in [0.1, 0.15) is 11.1 Å². The lowest BCUT2D eigenvalue weighted by atomic mass is 9.98. The van der Waals surface area contributed by atoms with Crippen molar-refractivity contribution in [3.05, 3.63) is 71.8 Å². The number of alkyl halides is 1. The van der Waals surface area contributed by atoms with Crippen molar-refractivity contribution in [1.29, 1.82) is 0 Å². The monoisotopic (exact) mass is 312 g/mol. The van der Waals surface area contributed by atoms with Crippen LogP contribution in [-0.4, -0.2) is 18.0 Å². The number of rotatable bonds is 4. The van der Waals surface area contributed by atoms with Crippen LogP contribution in [0.5, 0.6) is 0 Å². The third-order valence-electron chi connectivity index (χ3n) is 3.86. The van der Waals surface area contributed by atoms with E-state index in [9.17, 15) is 4.79 Å². The molecule has 0 aromatic heterocycles. The highest BCUT2D eigenvalue weighted by atomic mass is 35.5. The molecule has 0 spiro atoms. The number of benzene rings is 2. The molecule has 4 heteroatoms. The number of carbonyl (C=O) groups excluding carboxylic acids is 1. The number of para-hydroxylation sites is 1. The normalized spacial score (nSPS) is 16.9. The average Bonchev–Trinajstić information content (AvgIpc) is 2.54. The van der Waals surface area contributed by atoms with Gasteiger partial charge < -0.3 is 10.6 Å². The molecule has 1 unspecified atom stereocenters. The molecule has 2 N–H and O–H groups in total. The van der Waals surface area contributed by atoms with E-state index >= 15 is 0 Å². The molecule has 0 saturated carbocycles. The number of nitrogens with zero attached hydrogens (tertiary/aromatic N) is 1. The number of anilines is 1. The zero-order valence-corrected chi connectivity index (χ0v) is 12.8. The molecule has 22 heavy (non-hydrogen) atoms. The summed E-state index contributed by atoms with van der Waals surface area (Å²) in [4.78, 5) is 13.7. The highest BCUT2D eigenvalue weighted by Crippen LogP contribution is 2.35. The van der Waals surface area contributed by atoms with Gasteiger partial charge in [-0.3, -0.25) is 4.79 Å². The Hall–Kier alpha value is -2.26. The van der Waals surface area contributed by atoms with Crippen molar-refractivity contribution in [3.63, 3.8) is 0 Å². The van der Waals surface area contributed by atoms with Crippen LogP contribution in [0.3, 0.4) is 0 Å². The summed E-state index contributed by atoms with van der Waals surface area (Å²) in [6.07, 6.45) is 2.62. The fourth-order valence-electron chi connectivity index (χ4n) is 2.75. The van der Waals surface area contributed by atoms with E-state index in [1.807, 2.05) is 42.5 Å². The lowest BCUT2D eigenvalue weighted by Crippen LogP contribution is -2.36. The standard InChI is InChI=1S/C18H17ClN2O/c19-17-12-15(18(20)22)14-8-4-5-9-16(14)21(17)11-10-13-6-2-1-3-7-13/h1-9,12,17H,10-11H2,(H2,20,22). The molecule has 2 aromatic carbocycles. The first-order valence-electron chi connectivity index (χ1n) is 7.22. The molecular weight excluding hydrogens is 296 g/mol. The van der Waals surface area contributed by atoms with Gasteiger partial charge in [0, 0.05) is 23.4 Å². The van der Waals surface area contributed by atoms with Crippen LogP contribution in [0.25, 0.3) is 5.57 Å². The van der Waals surface area contributed by atoms with Crippen molar-refractivity contribution < 1.29 is 4.79 Å². The summed E-state index contributed by atoms with van der Waals surface area (Å²) in [5.41, 5.74) is 8.65. The highest BCUT2D eigenvalue weighted by Gasteiger charge is 2.26. The second-order valence-corrected chi connectivity index (χ2v) is 5.71. The first-order chi connectivity index (χ1) is 10.7. The molecule has 0 saturated heterocycles. The third-order valence-corrected chi connectivity index (χ3v) is 4.22. The van der Waals surface area contributed by atoms with Crippen LogP contribution in [0.15, 0.2) is 60.7 Å². The molecule has 1 heterocycles. The van der Waals surface area contributed by atoms with Crippen molar-refractivity contribution in [2.45, 2.75) is 11.9 Å². The van der Waals surface area contributed by atoms with E-state index in [1.165, 1.54) is 5.56 Å². The van der Waals surface area contributed by atoms with E-state index in [1.54, 1.807) is 6.08 Å². The molecule has 3 nitrogen and oxygen atoms in total. The van der Waals surface area contributed by atoms with Gasteiger partial charge in [-0.25, -0.2) is 0 Å². The quantitative estimate of drug-likeness (QED) is 0.696. The summed E-state index contributed by atoms with van der Waals surface area (Å²) >= 11 is 6.46. The Morgan fingerprint density at radius 3 is 2.50 bits per heavy atom. The lowest BCUT2D eigenvalue weighted by Gasteiger charge is -2.34. The lowest BCUT2D eigenvalue weighted by molar-refractivity contribution is -0.112. The summed E-state index contributed by atoms with van der Waals surface area (Å²) in [5.74, 6) is -0.444. The van der Waals surface area contributed by atoms with Gasteiger partial charge in [0.1, 0.15) is 5.50 Å². The van der Waals surface area contributed by atoms with Crippen LogP contribution in [0.2, 0.25) is 0 Å². The average molecular weight is 313 g/mol. The van der Waals surface area contributed by atoms with Crippen LogP contribution in [-0.2, 0) is 11.2 Å². The Morgan fingerprint density at radius 2 is 1.77 bits per heavy atom. The van der Waals surface area contributed by atoms with Crippen molar-refractivity contribution in [2.75, 3.05) is 11.4 Å². The van der Waals surface area contributed by atoms with Crippen LogP contribution < -0.4 is 10.6 Å². The van der Waals surface area contributed by atoms with Gasteiger partial charge in [0.25, 0.3) is 0 Å². The van der Waals surface area contributed by atoms with Gasteiger partial charge in [-0.1, -0.05) is 60.1 Å². The van der Waals surface area contributed by atoms with E-state index < -0.39 is 5.91 Å². The zero-order chi connectivity index (χ0) is 15.5. The topological polar surface area (TPSA) is 46.3 Å². The van der Waals surface area contributed by atoms with E-state index in [0.717, 1.165) is 24.2 Å². The van der Waals surface area contributed by atoms with Gasteiger partial charge in [-0.2, -0.15) is 0 Å². The van der Waals surface area contributed by atoms with Crippen molar-refractivity contribution in [3.8, 4) is 0 Å². The zero-order valence-electron chi connectivity index (χ0n) is 12.1. The minimum atomic E-state index is -0.444. The number of halogens is 1. The van der Waals surface area contributed by atoms with Crippen LogP contribution in [0.4, 0.5) is 5.69 Å². The van der Waals surface area contributed by atoms with Crippen molar-refractivity contribution >= 4 is 28.8 Å². The fraction of sp³-hybridized carbons (Fsp3) is 0.167. The third kappa shape index (κ3) is 2.85. The number of nitrogens with two attached hydrogens (primary N) is 1.